The molecule has 0 radical (unpaired) electrons. The molecule has 0 aliphatic carbocycles. The number of carbonyl (C=O) groups is 3. The van der Waals surface area contributed by atoms with Crippen molar-refractivity contribution in [2.24, 2.45) is 11.7 Å². The van der Waals surface area contributed by atoms with Crippen LogP contribution >= 0.6 is 0 Å². The summed E-state index contributed by atoms with van der Waals surface area (Å²) in [6, 6.07) is 14.0. The van der Waals surface area contributed by atoms with E-state index in [2.05, 4.69) is 5.32 Å². The number of anilines is 1. The number of nitrogens with one attached hydrogen (secondary N) is 1. The first-order chi connectivity index (χ1) is 14.3. The van der Waals surface area contributed by atoms with Crippen molar-refractivity contribution in [1.82, 2.24) is 4.90 Å². The van der Waals surface area contributed by atoms with E-state index in [-0.39, 0.29) is 24.3 Å². The molecule has 0 spiro atoms. The van der Waals surface area contributed by atoms with E-state index in [4.69, 9.17) is 10.5 Å². The van der Waals surface area contributed by atoms with Crippen LogP contribution in [0.4, 0.5) is 5.69 Å². The van der Waals surface area contributed by atoms with Gasteiger partial charge in [0, 0.05) is 25.1 Å². The van der Waals surface area contributed by atoms with Crippen LogP contribution in [0.5, 0.6) is 5.75 Å². The van der Waals surface area contributed by atoms with Gasteiger partial charge in [0.15, 0.2) is 6.61 Å². The van der Waals surface area contributed by atoms with Gasteiger partial charge in [0.2, 0.25) is 11.8 Å². The van der Waals surface area contributed by atoms with Crippen LogP contribution in [0.2, 0.25) is 0 Å². The molecule has 1 aliphatic rings. The molecular weight excluding hydrogens is 382 g/mol. The van der Waals surface area contributed by atoms with Crippen molar-refractivity contribution in [3.8, 4) is 5.75 Å². The van der Waals surface area contributed by atoms with Crippen molar-refractivity contribution >= 4 is 23.4 Å². The molecule has 2 aromatic rings. The molecule has 3 rings (SSSR count). The Labute approximate surface area is 176 Å². The molecule has 7 heteroatoms. The number of carbonyl (C=O) groups excluding carboxylic acids is 3. The lowest BCUT2D eigenvalue weighted by Crippen LogP contribution is -2.50. The summed E-state index contributed by atoms with van der Waals surface area (Å²) in [5.74, 6) is -0.114. The van der Waals surface area contributed by atoms with E-state index in [1.165, 1.54) is 0 Å². The van der Waals surface area contributed by atoms with Gasteiger partial charge in [-0.05, 0) is 41.3 Å². The average Bonchev–Trinajstić information content (AvgIpc) is 2.71. The highest BCUT2D eigenvalue weighted by Gasteiger charge is 2.34. The van der Waals surface area contributed by atoms with Gasteiger partial charge >= 0.3 is 0 Å². The molecule has 30 heavy (non-hydrogen) atoms. The van der Waals surface area contributed by atoms with E-state index < -0.39 is 11.9 Å². The smallest absolute Gasteiger partial charge is 0.255 e. The fourth-order valence-electron chi connectivity index (χ4n) is 3.50. The van der Waals surface area contributed by atoms with E-state index in [0.29, 0.717) is 30.8 Å². The lowest BCUT2D eigenvalue weighted by atomic mass is 9.92. The van der Waals surface area contributed by atoms with Gasteiger partial charge in [-0.25, -0.2) is 0 Å². The Kier molecular flexibility index (Phi) is 6.72. The summed E-state index contributed by atoms with van der Waals surface area (Å²) in [6.45, 7) is 4.21. The summed E-state index contributed by atoms with van der Waals surface area (Å²) in [4.78, 5) is 38.4. The molecule has 0 aromatic heterocycles. The fourth-order valence-corrected chi connectivity index (χ4v) is 3.50. The summed E-state index contributed by atoms with van der Waals surface area (Å²) in [6.07, 6.45) is 0.878. The number of rotatable bonds is 7. The summed E-state index contributed by atoms with van der Waals surface area (Å²) < 4.78 is 5.23. The Morgan fingerprint density at radius 1 is 1.10 bits per heavy atom. The third kappa shape index (κ3) is 5.37. The molecular formula is C23H27N3O4. The quantitative estimate of drug-likeness (QED) is 0.733. The molecule has 3 amide bonds. The minimum atomic E-state index is -0.572. The predicted octanol–water partition coefficient (Wildman–Crippen LogP) is 2.49. The Hall–Kier alpha value is -3.35. The zero-order valence-corrected chi connectivity index (χ0v) is 17.3. The minimum Gasteiger partial charge on any atom is -0.484 e. The molecule has 158 valence electrons. The minimum absolute atomic E-state index is 0.0187. The molecule has 3 N–H and O–H groups in total. The maximum absolute atomic E-state index is 13.1. The van der Waals surface area contributed by atoms with Gasteiger partial charge in [-0.1, -0.05) is 38.1 Å². The van der Waals surface area contributed by atoms with Crippen LogP contribution in [-0.2, 0) is 27.3 Å². The second-order valence-corrected chi connectivity index (χ2v) is 7.88. The maximum Gasteiger partial charge on any atom is 0.255 e. The van der Waals surface area contributed by atoms with Gasteiger partial charge in [-0.3, -0.25) is 14.4 Å². The van der Waals surface area contributed by atoms with Gasteiger partial charge in [0.1, 0.15) is 11.8 Å². The second kappa shape index (κ2) is 9.43. The molecule has 0 bridgehead atoms. The number of benzene rings is 2. The topological polar surface area (TPSA) is 102 Å². The lowest BCUT2D eigenvalue weighted by Gasteiger charge is -2.36. The largest absolute Gasteiger partial charge is 0.484 e. The first-order valence-electron chi connectivity index (χ1n) is 10.0. The zero-order chi connectivity index (χ0) is 21.7. The van der Waals surface area contributed by atoms with E-state index >= 15 is 0 Å². The van der Waals surface area contributed by atoms with Gasteiger partial charge < -0.3 is 20.7 Å². The molecule has 1 aliphatic heterocycles. The van der Waals surface area contributed by atoms with E-state index in [9.17, 15) is 14.4 Å². The first-order valence-corrected chi connectivity index (χ1v) is 10.0. The van der Waals surface area contributed by atoms with Crippen molar-refractivity contribution in [3.63, 3.8) is 0 Å². The standard InChI is InChI=1S/C23H27N3O4/c1-15(2)11-22(28)26-13-17-6-4-3-5-16(17)12-20(26)23(29)25-18-7-9-19(10-8-18)30-14-21(24)27/h3-10,15,20H,11-14H2,1-2H3,(H2,24,27)(H,25,29). The van der Waals surface area contributed by atoms with Crippen molar-refractivity contribution < 1.29 is 19.1 Å². The van der Waals surface area contributed by atoms with Crippen LogP contribution in [0.25, 0.3) is 0 Å². The van der Waals surface area contributed by atoms with Crippen molar-refractivity contribution in [3.05, 3.63) is 59.7 Å². The lowest BCUT2D eigenvalue weighted by molar-refractivity contribution is -0.140. The van der Waals surface area contributed by atoms with Gasteiger partial charge in [0.25, 0.3) is 5.91 Å². The van der Waals surface area contributed by atoms with Crippen molar-refractivity contribution in [2.45, 2.75) is 39.3 Å². The molecule has 2 aromatic carbocycles. The highest BCUT2D eigenvalue weighted by atomic mass is 16.5. The number of nitrogens with zero attached hydrogens (tertiary/aromatic N) is 1. The van der Waals surface area contributed by atoms with Crippen LogP contribution in [0.3, 0.4) is 0 Å². The van der Waals surface area contributed by atoms with E-state index in [1.807, 2.05) is 38.1 Å². The number of ether oxygens (including phenoxy) is 1. The number of fused-ring (bicyclic) bond motifs is 1. The Balaban J connectivity index is 1.74. The third-order valence-corrected chi connectivity index (χ3v) is 4.96. The molecule has 1 atom stereocenters. The summed E-state index contributed by atoms with van der Waals surface area (Å²) >= 11 is 0. The number of nitrogens with two attached hydrogens (primary N) is 1. The number of primary amides is 1. The van der Waals surface area contributed by atoms with Crippen LogP contribution < -0.4 is 15.8 Å². The Morgan fingerprint density at radius 3 is 2.40 bits per heavy atom. The summed E-state index contributed by atoms with van der Waals surface area (Å²) in [7, 11) is 0. The summed E-state index contributed by atoms with van der Waals surface area (Å²) in [5, 5.41) is 2.89. The molecule has 0 saturated carbocycles. The second-order valence-electron chi connectivity index (χ2n) is 7.88. The highest BCUT2D eigenvalue weighted by Crippen LogP contribution is 2.26. The van der Waals surface area contributed by atoms with Crippen LogP contribution in [0.15, 0.2) is 48.5 Å². The molecule has 1 heterocycles. The predicted molar refractivity (Wildman–Crippen MR) is 114 cm³/mol. The van der Waals surface area contributed by atoms with Crippen LogP contribution in [0.1, 0.15) is 31.4 Å². The zero-order valence-electron chi connectivity index (χ0n) is 17.3. The molecule has 7 nitrogen and oxygen atoms in total. The average molecular weight is 409 g/mol. The monoisotopic (exact) mass is 409 g/mol. The third-order valence-electron chi connectivity index (χ3n) is 4.96. The summed E-state index contributed by atoms with van der Waals surface area (Å²) in [5.41, 5.74) is 7.81. The van der Waals surface area contributed by atoms with Crippen molar-refractivity contribution in [1.29, 1.82) is 0 Å². The van der Waals surface area contributed by atoms with Gasteiger partial charge in [-0.15, -0.1) is 0 Å². The number of amides is 3. The van der Waals surface area contributed by atoms with Crippen LogP contribution in [0, 0.1) is 5.92 Å². The molecule has 0 saturated heterocycles. The van der Waals surface area contributed by atoms with Gasteiger partial charge in [-0.2, -0.15) is 0 Å². The van der Waals surface area contributed by atoms with E-state index in [1.54, 1.807) is 29.2 Å². The van der Waals surface area contributed by atoms with E-state index in [0.717, 1.165) is 11.1 Å². The Morgan fingerprint density at radius 2 is 1.77 bits per heavy atom. The molecule has 0 fully saturated rings. The van der Waals surface area contributed by atoms with Crippen LogP contribution in [-0.4, -0.2) is 35.3 Å². The SMILES string of the molecule is CC(C)CC(=O)N1Cc2ccccc2CC1C(=O)Nc1ccc(OCC(N)=O)cc1. The van der Waals surface area contributed by atoms with Crippen molar-refractivity contribution in [2.75, 3.05) is 11.9 Å². The van der Waals surface area contributed by atoms with Gasteiger partial charge in [0.05, 0.1) is 0 Å². The fraction of sp³-hybridized carbons (Fsp3) is 0.348. The molecule has 1 unspecified atom stereocenters. The normalized spacial score (nSPS) is 15.4. The number of hydrogen-bond acceptors (Lipinski definition) is 4. The first kappa shape index (κ1) is 21.4. The Bertz CT molecular complexity index is 924. The highest BCUT2D eigenvalue weighted by molar-refractivity contribution is 5.97. The maximum atomic E-state index is 13.1. The number of hydrogen-bond donors (Lipinski definition) is 2.